The molecule has 0 bridgehead atoms. The molecule has 5 heteroatoms. The van der Waals surface area contributed by atoms with Crippen molar-refractivity contribution in [1.82, 2.24) is 9.97 Å². The van der Waals surface area contributed by atoms with Gasteiger partial charge in [0.1, 0.15) is 6.61 Å². The second kappa shape index (κ2) is 4.82. The van der Waals surface area contributed by atoms with E-state index in [0.717, 1.165) is 38.6 Å². The maximum Gasteiger partial charge on any atom is 0.341 e. The molecule has 1 N–H and O–H groups in total. The molecule has 24 heavy (non-hydrogen) atoms. The van der Waals surface area contributed by atoms with Gasteiger partial charge in [-0.25, -0.2) is 4.79 Å². The fourth-order valence-electron chi connectivity index (χ4n) is 3.41. The Bertz CT molecular complexity index is 1130. The number of halogens is 1. The standard InChI is InChI=1S/C19H11ClN2O2/c20-11-3-1-10(2-4-11)16-17-12-7-8-21-13(12)5-6-14(17)22-15-9-24-19(23)18(15)16/h1-8,22H,9H2. The van der Waals surface area contributed by atoms with Crippen LogP contribution in [0, 0.1) is 0 Å². The van der Waals surface area contributed by atoms with E-state index in [9.17, 15) is 4.79 Å². The fraction of sp³-hybridized carbons (Fsp3) is 0.0526. The van der Waals surface area contributed by atoms with Gasteiger partial charge >= 0.3 is 5.97 Å². The van der Waals surface area contributed by atoms with Crippen LogP contribution in [0.15, 0.2) is 48.7 Å². The molecule has 0 unspecified atom stereocenters. The van der Waals surface area contributed by atoms with E-state index in [-0.39, 0.29) is 12.6 Å². The van der Waals surface area contributed by atoms with Crippen molar-refractivity contribution in [2.24, 2.45) is 0 Å². The van der Waals surface area contributed by atoms with Crippen molar-refractivity contribution in [2.75, 3.05) is 0 Å². The molecule has 2 aromatic heterocycles. The van der Waals surface area contributed by atoms with Crippen molar-refractivity contribution in [2.45, 2.75) is 6.61 Å². The van der Waals surface area contributed by atoms with Crippen molar-refractivity contribution in [3.63, 3.8) is 0 Å². The Hall–Kier alpha value is -2.85. The SMILES string of the molecule is O=C1OCc2[nH]c3ccc4nccc4c3c(-c3ccc(Cl)cc3)c21. The number of nitrogens with zero attached hydrogens (tertiary/aromatic N) is 1. The minimum atomic E-state index is -0.301. The molecule has 2 aromatic carbocycles. The van der Waals surface area contributed by atoms with Crippen LogP contribution in [-0.4, -0.2) is 15.9 Å². The summed E-state index contributed by atoms with van der Waals surface area (Å²) in [5, 5.41) is 2.64. The first-order valence-electron chi connectivity index (χ1n) is 7.58. The highest BCUT2D eigenvalue weighted by Gasteiger charge is 2.28. The number of pyridine rings is 1. The molecule has 0 amide bonds. The molecule has 116 valence electrons. The molecule has 3 heterocycles. The van der Waals surface area contributed by atoms with E-state index in [2.05, 4.69) is 9.97 Å². The highest BCUT2D eigenvalue weighted by molar-refractivity contribution is 6.30. The van der Waals surface area contributed by atoms with Gasteiger partial charge in [0.05, 0.1) is 16.8 Å². The molecule has 5 rings (SSSR count). The third-order valence-corrected chi connectivity index (χ3v) is 4.70. The predicted octanol–water partition coefficient (Wildman–Crippen LogP) is 4.71. The zero-order valence-corrected chi connectivity index (χ0v) is 13.2. The molecular formula is C19H11ClN2O2. The van der Waals surface area contributed by atoms with Crippen LogP contribution in [-0.2, 0) is 11.3 Å². The zero-order valence-electron chi connectivity index (χ0n) is 12.5. The predicted molar refractivity (Wildman–Crippen MR) is 93.2 cm³/mol. The number of carbonyl (C=O) groups is 1. The molecule has 4 aromatic rings. The van der Waals surface area contributed by atoms with Gasteiger partial charge in [-0.1, -0.05) is 23.7 Å². The van der Waals surface area contributed by atoms with Gasteiger partial charge in [0.2, 0.25) is 0 Å². The summed E-state index contributed by atoms with van der Waals surface area (Å²) in [6, 6.07) is 13.5. The molecule has 1 aliphatic rings. The Kier molecular flexibility index (Phi) is 2.73. The lowest BCUT2D eigenvalue weighted by Gasteiger charge is -2.12. The molecular weight excluding hydrogens is 324 g/mol. The average molecular weight is 335 g/mol. The summed E-state index contributed by atoms with van der Waals surface area (Å²) < 4.78 is 5.26. The third kappa shape index (κ3) is 1.80. The topological polar surface area (TPSA) is 55.0 Å². The number of cyclic esters (lactones) is 1. The molecule has 0 fully saturated rings. The number of esters is 1. The summed E-state index contributed by atoms with van der Waals surface area (Å²) in [7, 11) is 0. The summed E-state index contributed by atoms with van der Waals surface area (Å²) in [6.07, 6.45) is 1.78. The lowest BCUT2D eigenvalue weighted by atomic mass is 9.93. The summed E-state index contributed by atoms with van der Waals surface area (Å²) in [5.41, 5.74) is 5.06. The Balaban J connectivity index is 2.01. The number of aromatic nitrogens is 2. The first-order valence-corrected chi connectivity index (χ1v) is 7.95. The number of carbonyl (C=O) groups excluding carboxylic acids is 1. The van der Waals surface area contributed by atoms with Crippen LogP contribution in [0.3, 0.4) is 0 Å². The van der Waals surface area contributed by atoms with Crippen molar-refractivity contribution in [3.8, 4) is 11.1 Å². The van der Waals surface area contributed by atoms with E-state index in [1.807, 2.05) is 42.5 Å². The number of hydrogen-bond acceptors (Lipinski definition) is 3. The van der Waals surface area contributed by atoms with Gasteiger partial charge in [0, 0.05) is 33.1 Å². The minimum Gasteiger partial charge on any atom is -0.456 e. The lowest BCUT2D eigenvalue weighted by molar-refractivity contribution is 0.0534. The summed E-state index contributed by atoms with van der Waals surface area (Å²) >= 11 is 6.03. The summed E-state index contributed by atoms with van der Waals surface area (Å²) in [5.74, 6) is -0.301. The Labute approximate surface area is 142 Å². The molecule has 0 saturated carbocycles. The minimum absolute atomic E-state index is 0.266. The van der Waals surface area contributed by atoms with Gasteiger partial charge in [-0.05, 0) is 35.9 Å². The number of hydrogen-bond donors (Lipinski definition) is 1. The van der Waals surface area contributed by atoms with Crippen LogP contribution in [0.2, 0.25) is 5.02 Å². The Morgan fingerprint density at radius 3 is 2.71 bits per heavy atom. The number of nitrogens with one attached hydrogen (secondary N) is 1. The number of fused-ring (bicyclic) bond motifs is 4. The first-order chi connectivity index (χ1) is 11.7. The van der Waals surface area contributed by atoms with E-state index >= 15 is 0 Å². The zero-order chi connectivity index (χ0) is 16.3. The van der Waals surface area contributed by atoms with Crippen LogP contribution in [0.25, 0.3) is 32.9 Å². The van der Waals surface area contributed by atoms with Crippen molar-refractivity contribution >= 4 is 39.4 Å². The third-order valence-electron chi connectivity index (χ3n) is 4.45. The molecule has 0 saturated heterocycles. The number of aromatic amines is 1. The van der Waals surface area contributed by atoms with Gasteiger partial charge < -0.3 is 9.72 Å². The van der Waals surface area contributed by atoms with E-state index in [1.54, 1.807) is 6.20 Å². The normalized spacial score (nSPS) is 13.5. The van der Waals surface area contributed by atoms with Crippen molar-refractivity contribution in [1.29, 1.82) is 0 Å². The van der Waals surface area contributed by atoms with Crippen LogP contribution < -0.4 is 0 Å². The van der Waals surface area contributed by atoms with Crippen LogP contribution in [0.1, 0.15) is 16.1 Å². The van der Waals surface area contributed by atoms with E-state index in [0.29, 0.717) is 10.6 Å². The molecule has 0 aliphatic carbocycles. The van der Waals surface area contributed by atoms with Gasteiger partial charge in [-0.15, -0.1) is 0 Å². The first kappa shape index (κ1) is 13.6. The molecule has 1 aliphatic heterocycles. The fourth-order valence-corrected chi connectivity index (χ4v) is 3.53. The van der Waals surface area contributed by atoms with Gasteiger partial charge in [-0.3, -0.25) is 4.98 Å². The van der Waals surface area contributed by atoms with Gasteiger partial charge in [-0.2, -0.15) is 0 Å². The largest absolute Gasteiger partial charge is 0.456 e. The van der Waals surface area contributed by atoms with Crippen molar-refractivity contribution < 1.29 is 9.53 Å². The molecule has 0 spiro atoms. The maximum atomic E-state index is 12.4. The highest BCUT2D eigenvalue weighted by Crippen LogP contribution is 2.39. The molecule has 4 nitrogen and oxygen atoms in total. The number of ether oxygens (including phenoxy) is 1. The summed E-state index contributed by atoms with van der Waals surface area (Å²) in [4.78, 5) is 20.1. The van der Waals surface area contributed by atoms with Crippen LogP contribution in [0.4, 0.5) is 0 Å². The lowest BCUT2D eigenvalue weighted by Crippen LogP contribution is -2.00. The Morgan fingerprint density at radius 2 is 1.88 bits per heavy atom. The van der Waals surface area contributed by atoms with Crippen LogP contribution >= 0.6 is 11.6 Å². The maximum absolute atomic E-state index is 12.4. The van der Waals surface area contributed by atoms with E-state index in [1.165, 1.54) is 0 Å². The van der Waals surface area contributed by atoms with Crippen molar-refractivity contribution in [3.05, 3.63) is 64.9 Å². The molecule has 0 atom stereocenters. The monoisotopic (exact) mass is 334 g/mol. The van der Waals surface area contributed by atoms with E-state index < -0.39 is 0 Å². The summed E-state index contributed by atoms with van der Waals surface area (Å²) in [6.45, 7) is 0.266. The number of benzene rings is 2. The molecule has 0 radical (unpaired) electrons. The van der Waals surface area contributed by atoms with Gasteiger partial charge in [0.15, 0.2) is 0 Å². The van der Waals surface area contributed by atoms with Gasteiger partial charge in [0.25, 0.3) is 0 Å². The smallest absolute Gasteiger partial charge is 0.341 e. The number of H-pyrrole nitrogens is 1. The van der Waals surface area contributed by atoms with E-state index in [4.69, 9.17) is 16.3 Å². The van der Waals surface area contributed by atoms with Crippen LogP contribution in [0.5, 0.6) is 0 Å². The number of rotatable bonds is 1. The quantitative estimate of drug-likeness (QED) is 0.513. The second-order valence-electron chi connectivity index (χ2n) is 5.80. The average Bonchev–Trinajstić information content (AvgIpc) is 3.21. The Morgan fingerprint density at radius 1 is 1.04 bits per heavy atom. The highest BCUT2D eigenvalue weighted by atomic mass is 35.5. The second-order valence-corrected chi connectivity index (χ2v) is 6.24.